The summed E-state index contributed by atoms with van der Waals surface area (Å²) in [7, 11) is 0. The molecule has 174 valence electrons. The highest BCUT2D eigenvalue weighted by atomic mass is 32.2. The molecule has 0 fully saturated rings. The number of halogens is 1. The van der Waals surface area contributed by atoms with Gasteiger partial charge < -0.3 is 9.64 Å². The topological polar surface area (TPSA) is 60.3 Å². The van der Waals surface area contributed by atoms with E-state index < -0.39 is 5.82 Å². The van der Waals surface area contributed by atoms with Gasteiger partial charge in [0.1, 0.15) is 6.61 Å². The number of rotatable bonds is 9. The summed E-state index contributed by atoms with van der Waals surface area (Å²) in [4.78, 5) is 14.9. The van der Waals surface area contributed by atoms with Gasteiger partial charge >= 0.3 is 0 Å². The van der Waals surface area contributed by atoms with Crippen molar-refractivity contribution in [2.24, 2.45) is 0 Å². The van der Waals surface area contributed by atoms with Gasteiger partial charge in [0.2, 0.25) is 5.91 Å². The Kier molecular flexibility index (Phi) is 7.59. The molecule has 0 saturated heterocycles. The first kappa shape index (κ1) is 23.5. The molecule has 0 aliphatic heterocycles. The number of anilines is 1. The number of hydrogen-bond acceptors (Lipinski definition) is 5. The molecule has 34 heavy (non-hydrogen) atoms. The lowest BCUT2D eigenvalue weighted by Gasteiger charge is -2.26. The van der Waals surface area contributed by atoms with Crippen LogP contribution in [0.15, 0.2) is 90.1 Å². The summed E-state index contributed by atoms with van der Waals surface area (Å²) in [5.41, 5.74) is 1.69. The maximum absolute atomic E-state index is 14.0. The molecule has 0 atom stereocenters. The smallest absolute Gasteiger partial charge is 0.237 e. The largest absolute Gasteiger partial charge is 0.483 e. The Balaban J connectivity index is 1.55. The van der Waals surface area contributed by atoms with Crippen LogP contribution in [0.5, 0.6) is 5.75 Å². The Morgan fingerprint density at radius 3 is 2.29 bits per heavy atom. The quantitative estimate of drug-likeness (QED) is 0.298. The van der Waals surface area contributed by atoms with Crippen molar-refractivity contribution in [2.75, 3.05) is 10.7 Å². The Hall–Kier alpha value is -3.65. The maximum atomic E-state index is 14.0. The summed E-state index contributed by atoms with van der Waals surface area (Å²) in [5, 5.41) is 9.14. The van der Waals surface area contributed by atoms with Crippen molar-refractivity contribution in [1.29, 1.82) is 0 Å². The zero-order valence-corrected chi connectivity index (χ0v) is 19.8. The van der Waals surface area contributed by atoms with Crippen molar-refractivity contribution >= 4 is 23.4 Å². The molecular formula is C26H25FN4O2S. The normalized spacial score (nSPS) is 10.9. The van der Waals surface area contributed by atoms with E-state index in [4.69, 9.17) is 4.74 Å². The molecule has 0 N–H and O–H groups in total. The number of amides is 1. The molecular weight excluding hydrogens is 451 g/mol. The molecule has 1 aromatic heterocycles. The predicted octanol–water partition coefficient (Wildman–Crippen LogP) is 5.52. The second-order valence-corrected chi connectivity index (χ2v) is 8.71. The fraction of sp³-hybridized carbons (Fsp3) is 0.192. The molecule has 4 aromatic rings. The monoisotopic (exact) mass is 476 g/mol. The average Bonchev–Trinajstić information content (AvgIpc) is 3.26. The van der Waals surface area contributed by atoms with Crippen molar-refractivity contribution in [3.63, 3.8) is 0 Å². The summed E-state index contributed by atoms with van der Waals surface area (Å²) in [6.45, 7) is 4.00. The van der Waals surface area contributed by atoms with Gasteiger partial charge in [-0.1, -0.05) is 60.3 Å². The lowest BCUT2D eigenvalue weighted by molar-refractivity contribution is -0.116. The second kappa shape index (κ2) is 11.0. The average molecular weight is 477 g/mol. The highest BCUT2D eigenvalue weighted by molar-refractivity contribution is 7.99. The molecule has 0 spiro atoms. The third kappa shape index (κ3) is 5.46. The minimum atomic E-state index is -0.442. The van der Waals surface area contributed by atoms with Crippen LogP contribution in [0.25, 0.3) is 5.69 Å². The number of ether oxygens (including phenoxy) is 1. The molecule has 0 aliphatic rings. The summed E-state index contributed by atoms with van der Waals surface area (Å²) >= 11 is 1.30. The zero-order valence-electron chi connectivity index (χ0n) is 19.0. The molecule has 3 aromatic carbocycles. The van der Waals surface area contributed by atoms with E-state index in [9.17, 15) is 9.18 Å². The van der Waals surface area contributed by atoms with Crippen molar-refractivity contribution in [1.82, 2.24) is 14.8 Å². The predicted molar refractivity (Wildman–Crippen MR) is 132 cm³/mol. The third-order valence-electron chi connectivity index (χ3n) is 5.05. The SMILES string of the molecule is CC(C)N(C(=O)CSc1nnc(COc2ccccc2F)n1-c1ccccc1)c1ccccc1. The molecule has 6 nitrogen and oxygen atoms in total. The number of nitrogens with zero attached hydrogens (tertiary/aromatic N) is 4. The summed E-state index contributed by atoms with van der Waals surface area (Å²) in [6.07, 6.45) is 0. The molecule has 0 bridgehead atoms. The second-order valence-electron chi connectivity index (χ2n) is 7.77. The summed E-state index contributed by atoms with van der Waals surface area (Å²) < 4.78 is 21.5. The van der Waals surface area contributed by atoms with Crippen molar-refractivity contribution in [3.8, 4) is 11.4 Å². The lowest BCUT2D eigenvalue weighted by atomic mass is 10.2. The van der Waals surface area contributed by atoms with Gasteiger partial charge in [0.05, 0.1) is 5.75 Å². The number of hydrogen-bond donors (Lipinski definition) is 0. The van der Waals surface area contributed by atoms with E-state index in [2.05, 4.69) is 10.2 Å². The Morgan fingerprint density at radius 2 is 1.62 bits per heavy atom. The Morgan fingerprint density at radius 1 is 0.971 bits per heavy atom. The van der Waals surface area contributed by atoms with Gasteiger partial charge in [-0.2, -0.15) is 0 Å². The molecule has 4 rings (SSSR count). The zero-order chi connectivity index (χ0) is 23.9. The van der Waals surface area contributed by atoms with Crippen LogP contribution in [-0.2, 0) is 11.4 Å². The van der Waals surface area contributed by atoms with E-state index in [0.29, 0.717) is 11.0 Å². The number of thioether (sulfide) groups is 1. The van der Waals surface area contributed by atoms with E-state index in [1.165, 1.54) is 17.8 Å². The third-order valence-corrected chi connectivity index (χ3v) is 5.97. The van der Waals surface area contributed by atoms with Gasteiger partial charge in [0, 0.05) is 17.4 Å². The molecule has 1 heterocycles. The van der Waals surface area contributed by atoms with Crippen LogP contribution in [0.2, 0.25) is 0 Å². The Labute approximate surface area is 202 Å². The van der Waals surface area contributed by atoms with Crippen molar-refractivity contribution < 1.29 is 13.9 Å². The van der Waals surface area contributed by atoms with Gasteiger partial charge in [-0.3, -0.25) is 9.36 Å². The van der Waals surface area contributed by atoms with Gasteiger partial charge in [0.15, 0.2) is 22.5 Å². The molecule has 8 heteroatoms. The van der Waals surface area contributed by atoms with E-state index >= 15 is 0 Å². The number of carbonyl (C=O) groups excluding carboxylic acids is 1. The first-order chi connectivity index (χ1) is 16.5. The first-order valence-corrected chi connectivity index (χ1v) is 11.9. The highest BCUT2D eigenvalue weighted by Gasteiger charge is 2.22. The maximum Gasteiger partial charge on any atom is 0.237 e. The van der Waals surface area contributed by atoms with Gasteiger partial charge in [-0.15, -0.1) is 10.2 Å². The molecule has 0 unspecified atom stereocenters. The summed E-state index contributed by atoms with van der Waals surface area (Å²) in [5.74, 6) is 0.367. The number of carbonyl (C=O) groups is 1. The van der Waals surface area contributed by atoms with Crippen molar-refractivity contribution in [2.45, 2.75) is 31.7 Å². The lowest BCUT2D eigenvalue weighted by Crippen LogP contribution is -2.38. The highest BCUT2D eigenvalue weighted by Crippen LogP contribution is 2.25. The minimum Gasteiger partial charge on any atom is -0.483 e. The van der Waals surface area contributed by atoms with Crippen LogP contribution in [-0.4, -0.2) is 32.5 Å². The molecule has 1 amide bonds. The van der Waals surface area contributed by atoms with Crippen LogP contribution < -0.4 is 9.64 Å². The van der Waals surface area contributed by atoms with E-state index in [0.717, 1.165) is 11.4 Å². The standard InChI is InChI=1S/C26H25FN4O2S/c1-19(2)30(20-11-5-3-6-12-20)25(32)18-34-26-29-28-24(31(26)21-13-7-4-8-14-21)17-33-23-16-10-9-15-22(23)27/h3-16,19H,17-18H2,1-2H3. The first-order valence-electron chi connectivity index (χ1n) is 10.9. The Bertz CT molecular complexity index is 1230. The van der Waals surface area contributed by atoms with E-state index in [-0.39, 0.29) is 30.1 Å². The minimum absolute atomic E-state index is 0.00669. The van der Waals surface area contributed by atoms with Crippen LogP contribution in [0.4, 0.5) is 10.1 Å². The van der Waals surface area contributed by atoms with E-state index in [1.807, 2.05) is 79.1 Å². The number of aromatic nitrogens is 3. The van der Waals surface area contributed by atoms with E-state index in [1.54, 1.807) is 23.1 Å². The van der Waals surface area contributed by atoms with Crippen LogP contribution >= 0.6 is 11.8 Å². The van der Waals surface area contributed by atoms with Crippen LogP contribution in [0.3, 0.4) is 0 Å². The van der Waals surface area contributed by atoms with Gasteiger partial charge in [-0.05, 0) is 50.2 Å². The molecule has 0 radical (unpaired) electrons. The number of benzene rings is 3. The fourth-order valence-electron chi connectivity index (χ4n) is 3.54. The fourth-order valence-corrected chi connectivity index (χ4v) is 4.37. The van der Waals surface area contributed by atoms with Gasteiger partial charge in [0.25, 0.3) is 0 Å². The number of para-hydroxylation sites is 3. The molecule has 0 saturated carbocycles. The van der Waals surface area contributed by atoms with Crippen molar-refractivity contribution in [3.05, 3.63) is 96.6 Å². The van der Waals surface area contributed by atoms with Crippen LogP contribution in [0, 0.1) is 5.82 Å². The molecule has 0 aliphatic carbocycles. The summed E-state index contributed by atoms with van der Waals surface area (Å²) in [6, 6.07) is 25.4. The van der Waals surface area contributed by atoms with Crippen LogP contribution in [0.1, 0.15) is 19.7 Å². The van der Waals surface area contributed by atoms with Gasteiger partial charge in [-0.25, -0.2) is 4.39 Å².